The fraction of sp³-hybridized carbons (Fsp3) is 0.667. The Labute approximate surface area is 102 Å². The number of rotatable bonds is 5. The van der Waals surface area contributed by atoms with Crippen LogP contribution in [0.25, 0.3) is 0 Å². The van der Waals surface area contributed by atoms with E-state index in [0.29, 0.717) is 0 Å². The average Bonchev–Trinajstić information content (AvgIpc) is 2.54. The van der Waals surface area contributed by atoms with E-state index in [0.717, 1.165) is 36.5 Å². The second kappa shape index (κ2) is 5.36. The van der Waals surface area contributed by atoms with Gasteiger partial charge in [0.25, 0.3) is 0 Å². The number of aromatic nitrogens is 2. The molecule has 0 aromatic carbocycles. The normalized spacial score (nSPS) is 11.4. The van der Waals surface area contributed by atoms with Gasteiger partial charge in [-0.2, -0.15) is 10.4 Å². The molecule has 1 aromatic rings. The lowest BCUT2D eigenvalue weighted by atomic mass is 9.89. The van der Waals surface area contributed by atoms with E-state index in [2.05, 4.69) is 11.2 Å². The molecule has 0 amide bonds. The van der Waals surface area contributed by atoms with E-state index >= 15 is 0 Å². The summed E-state index contributed by atoms with van der Waals surface area (Å²) in [5, 5.41) is 13.9. The molecule has 0 fully saturated rings. The highest BCUT2D eigenvalue weighted by molar-refractivity contribution is 6.31. The quantitative estimate of drug-likeness (QED) is 0.738. The second-order valence-corrected chi connectivity index (χ2v) is 5.19. The van der Waals surface area contributed by atoms with Crippen LogP contribution in [-0.2, 0) is 6.54 Å². The zero-order valence-electron chi connectivity index (χ0n) is 10.1. The van der Waals surface area contributed by atoms with Gasteiger partial charge < -0.3 is 0 Å². The molecular formula is C12H18ClN3. The SMILES string of the molecule is Cc1nn(CCCCC(C)(C)C#N)cc1Cl. The van der Waals surface area contributed by atoms with Crippen molar-refractivity contribution in [3.8, 4) is 6.07 Å². The molecule has 16 heavy (non-hydrogen) atoms. The Balaban J connectivity index is 2.29. The average molecular weight is 240 g/mol. The Morgan fingerprint density at radius 1 is 1.50 bits per heavy atom. The van der Waals surface area contributed by atoms with E-state index in [-0.39, 0.29) is 5.41 Å². The molecule has 0 aliphatic rings. The Kier molecular flexibility index (Phi) is 4.37. The maximum Gasteiger partial charge on any atom is 0.0814 e. The summed E-state index contributed by atoms with van der Waals surface area (Å²) in [5.41, 5.74) is 0.663. The summed E-state index contributed by atoms with van der Waals surface area (Å²) in [5.74, 6) is 0. The fourth-order valence-corrected chi connectivity index (χ4v) is 1.66. The van der Waals surface area contributed by atoms with Crippen LogP contribution in [-0.4, -0.2) is 9.78 Å². The lowest BCUT2D eigenvalue weighted by Crippen LogP contribution is -2.08. The summed E-state index contributed by atoms with van der Waals surface area (Å²) in [7, 11) is 0. The molecule has 3 nitrogen and oxygen atoms in total. The van der Waals surface area contributed by atoms with Crippen LogP contribution in [0.1, 0.15) is 38.8 Å². The van der Waals surface area contributed by atoms with Gasteiger partial charge in [0, 0.05) is 12.7 Å². The van der Waals surface area contributed by atoms with Crippen LogP contribution in [0.3, 0.4) is 0 Å². The molecule has 0 spiro atoms. The fourth-order valence-electron chi connectivity index (χ4n) is 1.50. The third-order valence-electron chi connectivity index (χ3n) is 2.63. The molecule has 0 saturated heterocycles. The van der Waals surface area contributed by atoms with Gasteiger partial charge in [-0.15, -0.1) is 0 Å². The van der Waals surface area contributed by atoms with Crippen molar-refractivity contribution in [2.45, 2.75) is 46.6 Å². The number of nitriles is 1. The van der Waals surface area contributed by atoms with E-state index in [1.54, 1.807) is 0 Å². The van der Waals surface area contributed by atoms with Crippen molar-refractivity contribution >= 4 is 11.6 Å². The highest BCUT2D eigenvalue weighted by atomic mass is 35.5. The highest BCUT2D eigenvalue weighted by Gasteiger charge is 2.15. The summed E-state index contributed by atoms with van der Waals surface area (Å²) in [6.45, 7) is 6.72. The van der Waals surface area contributed by atoms with Crippen LogP contribution in [0.15, 0.2) is 6.20 Å². The van der Waals surface area contributed by atoms with Gasteiger partial charge in [0.05, 0.1) is 22.2 Å². The van der Waals surface area contributed by atoms with Crippen molar-refractivity contribution in [3.05, 3.63) is 16.9 Å². The molecular weight excluding hydrogens is 222 g/mol. The monoisotopic (exact) mass is 239 g/mol. The molecule has 0 aliphatic carbocycles. The highest BCUT2D eigenvalue weighted by Crippen LogP contribution is 2.22. The molecule has 0 radical (unpaired) electrons. The Morgan fingerprint density at radius 3 is 2.69 bits per heavy atom. The molecule has 0 atom stereocenters. The maximum atomic E-state index is 8.87. The van der Waals surface area contributed by atoms with Gasteiger partial charge in [0.1, 0.15) is 0 Å². The smallest absolute Gasteiger partial charge is 0.0814 e. The van der Waals surface area contributed by atoms with E-state index in [9.17, 15) is 0 Å². The number of halogens is 1. The van der Waals surface area contributed by atoms with Crippen LogP contribution in [0.2, 0.25) is 5.02 Å². The molecule has 0 unspecified atom stereocenters. The van der Waals surface area contributed by atoms with Crippen molar-refractivity contribution in [1.82, 2.24) is 9.78 Å². The molecule has 88 valence electrons. The van der Waals surface area contributed by atoms with Crippen molar-refractivity contribution in [3.63, 3.8) is 0 Å². The summed E-state index contributed by atoms with van der Waals surface area (Å²) in [4.78, 5) is 0. The number of hydrogen-bond acceptors (Lipinski definition) is 2. The first-order valence-corrected chi connectivity index (χ1v) is 5.93. The van der Waals surface area contributed by atoms with Crippen LogP contribution in [0, 0.1) is 23.7 Å². The Bertz CT molecular complexity index is 368. The minimum atomic E-state index is -0.211. The van der Waals surface area contributed by atoms with Crippen LogP contribution >= 0.6 is 11.6 Å². The van der Waals surface area contributed by atoms with Gasteiger partial charge >= 0.3 is 0 Å². The third kappa shape index (κ3) is 3.86. The van der Waals surface area contributed by atoms with Crippen molar-refractivity contribution < 1.29 is 0 Å². The number of hydrogen-bond donors (Lipinski definition) is 0. The van der Waals surface area contributed by atoms with Gasteiger partial charge in [-0.25, -0.2) is 0 Å². The van der Waals surface area contributed by atoms with E-state index in [4.69, 9.17) is 16.9 Å². The Morgan fingerprint density at radius 2 is 2.19 bits per heavy atom. The topological polar surface area (TPSA) is 41.6 Å². The zero-order chi connectivity index (χ0) is 12.2. The van der Waals surface area contributed by atoms with E-state index in [1.165, 1.54) is 0 Å². The van der Waals surface area contributed by atoms with Gasteiger partial charge in [0.2, 0.25) is 0 Å². The van der Waals surface area contributed by atoms with E-state index < -0.39 is 0 Å². The minimum Gasteiger partial charge on any atom is -0.271 e. The molecule has 0 aliphatic heterocycles. The molecule has 0 N–H and O–H groups in total. The predicted octanol–water partition coefficient (Wildman–Crippen LogP) is 3.57. The van der Waals surface area contributed by atoms with E-state index in [1.807, 2.05) is 31.6 Å². The zero-order valence-corrected chi connectivity index (χ0v) is 10.9. The van der Waals surface area contributed by atoms with Crippen molar-refractivity contribution in [1.29, 1.82) is 5.26 Å². The van der Waals surface area contributed by atoms with Gasteiger partial charge in [-0.1, -0.05) is 18.0 Å². The summed E-state index contributed by atoms with van der Waals surface area (Å²) in [6.07, 6.45) is 4.85. The number of nitrogens with zero attached hydrogens (tertiary/aromatic N) is 3. The Hall–Kier alpha value is -1.01. The van der Waals surface area contributed by atoms with Crippen LogP contribution < -0.4 is 0 Å². The molecule has 1 rings (SSSR count). The first kappa shape index (κ1) is 13.1. The van der Waals surface area contributed by atoms with Gasteiger partial charge in [0.15, 0.2) is 0 Å². The predicted molar refractivity (Wildman–Crippen MR) is 65.2 cm³/mol. The number of aryl methyl sites for hydroxylation is 2. The summed E-state index contributed by atoms with van der Waals surface area (Å²) >= 11 is 5.91. The van der Waals surface area contributed by atoms with Crippen LogP contribution in [0.4, 0.5) is 0 Å². The molecule has 0 bridgehead atoms. The number of unbranched alkanes of at least 4 members (excludes halogenated alkanes) is 1. The van der Waals surface area contributed by atoms with Gasteiger partial charge in [-0.3, -0.25) is 4.68 Å². The largest absolute Gasteiger partial charge is 0.271 e. The minimum absolute atomic E-state index is 0.211. The first-order valence-electron chi connectivity index (χ1n) is 5.55. The first-order chi connectivity index (χ1) is 7.44. The molecule has 1 heterocycles. The standard InChI is InChI=1S/C12H18ClN3/c1-10-11(13)8-16(15-10)7-5-4-6-12(2,3)9-14/h8H,4-7H2,1-3H3. The molecule has 4 heteroatoms. The molecule has 1 aromatic heterocycles. The lowest BCUT2D eigenvalue weighted by Gasteiger charge is -2.14. The van der Waals surface area contributed by atoms with Gasteiger partial charge in [-0.05, 0) is 33.6 Å². The van der Waals surface area contributed by atoms with Crippen molar-refractivity contribution in [2.75, 3.05) is 0 Å². The maximum absolute atomic E-state index is 8.87. The van der Waals surface area contributed by atoms with Crippen LogP contribution in [0.5, 0.6) is 0 Å². The second-order valence-electron chi connectivity index (χ2n) is 4.78. The lowest BCUT2D eigenvalue weighted by molar-refractivity contribution is 0.411. The summed E-state index contributed by atoms with van der Waals surface area (Å²) in [6, 6.07) is 2.31. The third-order valence-corrected chi connectivity index (χ3v) is 3.00. The summed E-state index contributed by atoms with van der Waals surface area (Å²) < 4.78 is 1.87. The van der Waals surface area contributed by atoms with Crippen molar-refractivity contribution in [2.24, 2.45) is 5.41 Å². The molecule has 0 saturated carbocycles.